The third-order valence-electron chi connectivity index (χ3n) is 5.68. The third kappa shape index (κ3) is 4.64. The van der Waals surface area contributed by atoms with Crippen molar-refractivity contribution in [3.05, 3.63) is 47.1 Å². The number of nitrogens with one attached hydrogen (secondary N) is 1. The van der Waals surface area contributed by atoms with Gasteiger partial charge in [0.2, 0.25) is 5.27 Å². The number of anilines is 1. The number of sulfonamides is 1. The average molecular weight is 575 g/mol. The Morgan fingerprint density at radius 1 is 1.03 bits per heavy atom. The van der Waals surface area contributed by atoms with Crippen molar-refractivity contribution in [3.63, 3.8) is 0 Å². The van der Waals surface area contributed by atoms with E-state index in [1.165, 1.54) is 19.5 Å². The van der Waals surface area contributed by atoms with E-state index in [0.29, 0.717) is 31.6 Å². The molecule has 2 heterocycles. The number of piperazine rings is 1. The summed E-state index contributed by atoms with van der Waals surface area (Å²) in [5, 5.41) is 7.11. The van der Waals surface area contributed by atoms with Crippen LogP contribution in [0, 0.1) is 0 Å². The molecule has 0 amide bonds. The number of benzene rings is 2. The smallest absolute Gasteiger partial charge is 0.278 e. The van der Waals surface area contributed by atoms with E-state index in [4.69, 9.17) is 4.52 Å². The van der Waals surface area contributed by atoms with E-state index < -0.39 is 20.2 Å². The molecule has 1 aromatic heterocycles. The monoisotopic (exact) mass is 573 g/mol. The Hall–Kier alpha value is -2.26. The first-order chi connectivity index (χ1) is 16.2. The second kappa shape index (κ2) is 9.77. The number of nitrogens with zero attached hydrogens (tertiary/aromatic N) is 5. The minimum absolute atomic E-state index is 0.0777. The number of halogens is 1. The van der Waals surface area contributed by atoms with Gasteiger partial charge in [-0.3, -0.25) is 4.52 Å². The van der Waals surface area contributed by atoms with Crippen LogP contribution < -0.4 is 14.5 Å². The first-order valence-electron chi connectivity index (χ1n) is 10.8. The van der Waals surface area contributed by atoms with Crippen LogP contribution in [0.2, 0.25) is 0 Å². The first kappa shape index (κ1) is 24.9. The van der Waals surface area contributed by atoms with Crippen LogP contribution >= 0.6 is 15.9 Å². The highest BCUT2D eigenvalue weighted by molar-refractivity contribution is 9.10. The van der Waals surface area contributed by atoms with Crippen LogP contribution in [0.15, 0.2) is 56.5 Å². The van der Waals surface area contributed by atoms with Gasteiger partial charge in [0.15, 0.2) is 0 Å². The Morgan fingerprint density at radius 3 is 2.35 bits per heavy atom. The largest absolute Gasteiger partial charge is 0.373 e. The lowest BCUT2D eigenvalue weighted by molar-refractivity contribution is -0.768. The van der Waals surface area contributed by atoms with E-state index in [0.717, 1.165) is 5.39 Å². The Bertz CT molecular complexity index is 1380. The molecule has 0 aliphatic carbocycles. The van der Waals surface area contributed by atoms with Crippen molar-refractivity contribution in [2.45, 2.75) is 18.7 Å². The fraction of sp³-hybridized carbons (Fsp3) is 0.400. The molecule has 14 heteroatoms. The minimum Gasteiger partial charge on any atom is -0.278 e. The van der Waals surface area contributed by atoms with Crippen LogP contribution in [-0.2, 0) is 20.2 Å². The van der Waals surface area contributed by atoms with Crippen LogP contribution in [0.25, 0.3) is 10.8 Å². The average Bonchev–Trinajstić information content (AvgIpc) is 3.18. The minimum atomic E-state index is -3.96. The number of fused-ring (bicyclic) bond motifs is 1. The van der Waals surface area contributed by atoms with Crippen molar-refractivity contribution in [1.82, 2.24) is 13.9 Å². The van der Waals surface area contributed by atoms with Crippen molar-refractivity contribution >= 4 is 52.8 Å². The van der Waals surface area contributed by atoms with E-state index in [9.17, 15) is 16.8 Å². The van der Waals surface area contributed by atoms with Gasteiger partial charge in [0, 0.05) is 47.5 Å². The first-order valence-corrected chi connectivity index (χ1v) is 14.4. The summed E-state index contributed by atoms with van der Waals surface area (Å²) in [7, 11) is -7.49. The van der Waals surface area contributed by atoms with Gasteiger partial charge in [-0.05, 0) is 11.5 Å². The van der Waals surface area contributed by atoms with E-state index >= 15 is 0 Å². The van der Waals surface area contributed by atoms with Gasteiger partial charge in [-0.1, -0.05) is 50.2 Å². The highest BCUT2D eigenvalue weighted by atomic mass is 79.9. The van der Waals surface area contributed by atoms with E-state index in [2.05, 4.69) is 25.9 Å². The maximum Gasteiger partial charge on any atom is 0.373 e. The molecular formula is C20H26BrN6O5S2+. The lowest BCUT2D eigenvalue weighted by atomic mass is 10.1. The predicted molar refractivity (Wildman–Crippen MR) is 131 cm³/mol. The third-order valence-corrected chi connectivity index (χ3v) is 9.93. The number of rotatable bonds is 8. The second-order valence-corrected chi connectivity index (χ2v) is 11.9. The second-order valence-electron chi connectivity index (χ2n) is 7.61. The normalized spacial score (nSPS) is 15.8. The standard InChI is InChI=1S/C20H26BrN6O5S2/c1-3-25(4-2)34(30,31)26-14-12-24(13-15-26)27-19(21)20(32-23-27)22-33(28,29)18-11-7-9-16-8-5-6-10-17(16)18/h5-11,22H,3-4,12-15H2,1-2H3/q+1. The van der Waals surface area contributed by atoms with Gasteiger partial charge < -0.3 is 0 Å². The maximum absolute atomic E-state index is 13.1. The molecule has 2 aromatic carbocycles. The molecule has 1 saturated heterocycles. The van der Waals surface area contributed by atoms with Gasteiger partial charge in [0.1, 0.15) is 0 Å². The quantitative estimate of drug-likeness (QED) is 0.405. The summed E-state index contributed by atoms with van der Waals surface area (Å²) in [5.74, 6) is -0.0777. The van der Waals surface area contributed by atoms with Gasteiger partial charge >= 0.3 is 10.5 Å². The molecule has 1 fully saturated rings. The summed E-state index contributed by atoms with van der Waals surface area (Å²) >= 11 is 3.36. The van der Waals surface area contributed by atoms with Crippen molar-refractivity contribution in [2.75, 3.05) is 49.0 Å². The molecule has 4 rings (SSSR count). The zero-order chi connectivity index (χ0) is 24.5. The molecule has 3 aromatic rings. The van der Waals surface area contributed by atoms with Gasteiger partial charge in [-0.15, -0.1) is 5.01 Å². The van der Waals surface area contributed by atoms with Crippen LogP contribution in [0.3, 0.4) is 0 Å². The fourth-order valence-electron chi connectivity index (χ4n) is 3.90. The Balaban J connectivity index is 1.51. The van der Waals surface area contributed by atoms with Gasteiger partial charge in [-0.2, -0.15) is 17.0 Å². The molecule has 11 nitrogen and oxygen atoms in total. The molecule has 184 valence electrons. The van der Waals surface area contributed by atoms with Crippen LogP contribution in [0.5, 0.6) is 0 Å². The topological polar surface area (TPSA) is 120 Å². The predicted octanol–water partition coefficient (Wildman–Crippen LogP) is 1.52. The SMILES string of the molecule is CCN(CC)S(=O)(=O)N1CCN([n+]2noc(NS(=O)(=O)c3cccc4ccccc34)c2Br)CC1. The highest BCUT2D eigenvalue weighted by Gasteiger charge is 2.37. The summed E-state index contributed by atoms with van der Waals surface area (Å²) in [6.07, 6.45) is 0. The zero-order valence-electron chi connectivity index (χ0n) is 18.8. The molecule has 0 unspecified atom stereocenters. The molecular weight excluding hydrogens is 548 g/mol. The summed E-state index contributed by atoms with van der Waals surface area (Å²) in [4.78, 5) is 1.51. The molecule has 1 aliphatic heterocycles. The molecule has 0 bridgehead atoms. The molecule has 0 radical (unpaired) electrons. The molecule has 1 N–H and O–H groups in total. The maximum atomic E-state index is 13.1. The van der Waals surface area contributed by atoms with Crippen molar-refractivity contribution in [3.8, 4) is 0 Å². The summed E-state index contributed by atoms with van der Waals surface area (Å²) in [5.41, 5.74) is 0. The van der Waals surface area contributed by atoms with E-state index in [-0.39, 0.29) is 28.5 Å². The lowest BCUT2D eigenvalue weighted by Gasteiger charge is -2.32. The zero-order valence-corrected chi connectivity index (χ0v) is 22.0. The van der Waals surface area contributed by atoms with Gasteiger partial charge in [0.05, 0.1) is 22.8 Å². The number of aromatic nitrogens is 2. The van der Waals surface area contributed by atoms with Gasteiger partial charge in [0.25, 0.3) is 20.2 Å². The molecule has 1 aliphatic rings. The molecule has 0 atom stereocenters. The van der Waals surface area contributed by atoms with Crippen LogP contribution in [-0.4, -0.2) is 70.0 Å². The van der Waals surface area contributed by atoms with Crippen molar-refractivity contribution in [1.29, 1.82) is 0 Å². The van der Waals surface area contributed by atoms with E-state index in [1.54, 1.807) is 37.1 Å². The number of hydrogen-bond donors (Lipinski definition) is 1. The van der Waals surface area contributed by atoms with Crippen LogP contribution in [0.4, 0.5) is 5.88 Å². The fourth-order valence-corrected chi connectivity index (χ4v) is 7.32. The molecule has 0 saturated carbocycles. The lowest BCUT2D eigenvalue weighted by Crippen LogP contribution is -2.67. The Kier molecular flexibility index (Phi) is 7.14. The van der Waals surface area contributed by atoms with E-state index in [1.807, 2.05) is 18.2 Å². The summed E-state index contributed by atoms with van der Waals surface area (Å²) in [6.45, 7) is 5.66. The number of hydrogen-bond acceptors (Lipinski definition) is 7. The highest BCUT2D eigenvalue weighted by Crippen LogP contribution is 2.27. The van der Waals surface area contributed by atoms with Crippen molar-refractivity contribution < 1.29 is 26.1 Å². The summed E-state index contributed by atoms with van der Waals surface area (Å²) in [6, 6.07) is 12.2. The van der Waals surface area contributed by atoms with Crippen LogP contribution in [0.1, 0.15) is 13.8 Å². The van der Waals surface area contributed by atoms with Crippen molar-refractivity contribution in [2.24, 2.45) is 0 Å². The Morgan fingerprint density at radius 2 is 1.68 bits per heavy atom. The molecule has 0 spiro atoms. The molecule has 34 heavy (non-hydrogen) atoms. The summed E-state index contributed by atoms with van der Waals surface area (Å²) < 4.78 is 62.6. The van der Waals surface area contributed by atoms with Gasteiger partial charge in [-0.25, -0.2) is 13.1 Å². The Labute approximate surface area is 207 Å².